The Hall–Kier alpha value is -2.21. The number of nitrogens with zero attached hydrogens (tertiary/aromatic N) is 3. The summed E-state index contributed by atoms with van der Waals surface area (Å²) >= 11 is 0. The Labute approximate surface area is 160 Å². The SMILES string of the molecule is CC(CC(=O)Nc1ccc(-c2nnc3n2CCCC3)cc1)C1CCNCC1. The number of aryl methyl sites for hydroxylation is 1. The van der Waals surface area contributed by atoms with E-state index in [0.29, 0.717) is 18.3 Å². The normalized spacial score (nSPS) is 18.7. The molecule has 3 heterocycles. The largest absolute Gasteiger partial charge is 0.326 e. The molecule has 1 fully saturated rings. The van der Waals surface area contributed by atoms with Gasteiger partial charge in [0, 0.05) is 30.6 Å². The van der Waals surface area contributed by atoms with Crippen molar-refractivity contribution in [1.82, 2.24) is 20.1 Å². The maximum absolute atomic E-state index is 12.4. The van der Waals surface area contributed by atoms with Crippen LogP contribution in [0, 0.1) is 11.8 Å². The van der Waals surface area contributed by atoms with E-state index in [1.54, 1.807) is 0 Å². The van der Waals surface area contributed by atoms with Crippen LogP contribution in [0.4, 0.5) is 5.69 Å². The van der Waals surface area contributed by atoms with Crippen molar-refractivity contribution in [2.45, 2.75) is 52.0 Å². The van der Waals surface area contributed by atoms with Gasteiger partial charge in [-0.25, -0.2) is 0 Å². The number of benzene rings is 1. The molecule has 2 aromatic rings. The molecule has 0 aliphatic carbocycles. The van der Waals surface area contributed by atoms with Gasteiger partial charge in [0.25, 0.3) is 0 Å². The predicted molar refractivity (Wildman–Crippen MR) is 106 cm³/mol. The summed E-state index contributed by atoms with van der Waals surface area (Å²) in [6, 6.07) is 7.98. The zero-order valence-electron chi connectivity index (χ0n) is 16.1. The van der Waals surface area contributed by atoms with E-state index in [-0.39, 0.29) is 5.91 Å². The second kappa shape index (κ2) is 8.21. The minimum Gasteiger partial charge on any atom is -0.326 e. The third-order valence-electron chi connectivity index (χ3n) is 5.98. The Morgan fingerprint density at radius 3 is 2.78 bits per heavy atom. The Morgan fingerprint density at radius 2 is 2.00 bits per heavy atom. The zero-order valence-corrected chi connectivity index (χ0v) is 16.1. The van der Waals surface area contributed by atoms with Crippen LogP contribution >= 0.6 is 0 Å². The summed E-state index contributed by atoms with van der Waals surface area (Å²) in [6.07, 6.45) is 6.32. The highest BCUT2D eigenvalue weighted by Gasteiger charge is 2.22. The van der Waals surface area contributed by atoms with Crippen molar-refractivity contribution in [1.29, 1.82) is 0 Å². The highest BCUT2D eigenvalue weighted by atomic mass is 16.1. The molecule has 144 valence electrons. The maximum atomic E-state index is 12.4. The molecule has 2 aliphatic heterocycles. The van der Waals surface area contributed by atoms with E-state index in [1.165, 1.54) is 25.7 Å². The number of anilines is 1. The van der Waals surface area contributed by atoms with Gasteiger partial charge >= 0.3 is 0 Å². The van der Waals surface area contributed by atoms with Gasteiger partial charge in [0.05, 0.1) is 0 Å². The van der Waals surface area contributed by atoms with E-state index in [0.717, 1.165) is 49.0 Å². The highest BCUT2D eigenvalue weighted by Crippen LogP contribution is 2.26. The maximum Gasteiger partial charge on any atom is 0.224 e. The lowest BCUT2D eigenvalue weighted by molar-refractivity contribution is -0.117. The molecule has 6 heteroatoms. The van der Waals surface area contributed by atoms with Crippen LogP contribution in [0.1, 0.15) is 44.9 Å². The molecule has 0 saturated carbocycles. The minimum absolute atomic E-state index is 0.105. The van der Waals surface area contributed by atoms with Crippen molar-refractivity contribution in [2.24, 2.45) is 11.8 Å². The van der Waals surface area contributed by atoms with Crippen molar-refractivity contribution in [3.05, 3.63) is 30.1 Å². The molecular formula is C21H29N5O. The first-order valence-electron chi connectivity index (χ1n) is 10.2. The summed E-state index contributed by atoms with van der Waals surface area (Å²) < 4.78 is 2.22. The monoisotopic (exact) mass is 367 g/mol. The van der Waals surface area contributed by atoms with Crippen LogP contribution in [0.5, 0.6) is 0 Å². The van der Waals surface area contributed by atoms with Crippen molar-refractivity contribution >= 4 is 11.6 Å². The molecule has 0 spiro atoms. The molecule has 1 amide bonds. The Balaban J connectivity index is 1.36. The number of rotatable bonds is 5. The summed E-state index contributed by atoms with van der Waals surface area (Å²) in [7, 11) is 0. The van der Waals surface area contributed by atoms with Gasteiger partial charge in [-0.05, 0) is 74.9 Å². The number of amides is 1. The lowest BCUT2D eigenvalue weighted by Gasteiger charge is -2.27. The number of hydrogen-bond acceptors (Lipinski definition) is 4. The third-order valence-corrected chi connectivity index (χ3v) is 5.98. The molecule has 2 aliphatic rings. The Bertz CT molecular complexity index is 776. The standard InChI is InChI=1S/C21H29N5O/c1-15(16-9-11-22-12-10-16)14-20(27)23-18-7-5-17(6-8-18)21-25-24-19-4-2-3-13-26(19)21/h5-8,15-16,22H,2-4,9-14H2,1H3,(H,23,27). The lowest BCUT2D eigenvalue weighted by Crippen LogP contribution is -2.32. The summed E-state index contributed by atoms with van der Waals surface area (Å²) in [6.45, 7) is 5.34. The number of carbonyl (C=O) groups is 1. The molecular weight excluding hydrogens is 338 g/mol. The number of nitrogens with one attached hydrogen (secondary N) is 2. The molecule has 1 aromatic carbocycles. The molecule has 1 aromatic heterocycles. The van der Waals surface area contributed by atoms with Gasteiger partial charge in [0.15, 0.2) is 5.82 Å². The van der Waals surface area contributed by atoms with Gasteiger partial charge in [0.1, 0.15) is 5.82 Å². The molecule has 27 heavy (non-hydrogen) atoms. The van der Waals surface area contributed by atoms with Gasteiger partial charge in [-0.15, -0.1) is 10.2 Å². The Kier molecular flexibility index (Phi) is 5.53. The van der Waals surface area contributed by atoms with Crippen LogP contribution in [0.15, 0.2) is 24.3 Å². The van der Waals surface area contributed by atoms with Crippen LogP contribution in [-0.2, 0) is 17.8 Å². The van der Waals surface area contributed by atoms with Crippen molar-refractivity contribution < 1.29 is 4.79 Å². The molecule has 6 nitrogen and oxygen atoms in total. The lowest BCUT2D eigenvalue weighted by atomic mass is 9.84. The van der Waals surface area contributed by atoms with Crippen molar-refractivity contribution in [3.63, 3.8) is 0 Å². The quantitative estimate of drug-likeness (QED) is 0.851. The van der Waals surface area contributed by atoms with Gasteiger partial charge in [0.2, 0.25) is 5.91 Å². The molecule has 1 saturated heterocycles. The molecule has 2 N–H and O–H groups in total. The fourth-order valence-corrected chi connectivity index (χ4v) is 4.31. The van der Waals surface area contributed by atoms with Gasteiger partial charge in [-0.3, -0.25) is 4.79 Å². The fourth-order valence-electron chi connectivity index (χ4n) is 4.31. The van der Waals surface area contributed by atoms with E-state index in [1.807, 2.05) is 24.3 Å². The van der Waals surface area contributed by atoms with E-state index in [9.17, 15) is 4.79 Å². The smallest absolute Gasteiger partial charge is 0.224 e. The number of aromatic nitrogens is 3. The third kappa shape index (κ3) is 4.21. The van der Waals surface area contributed by atoms with Crippen LogP contribution in [-0.4, -0.2) is 33.8 Å². The summed E-state index contributed by atoms with van der Waals surface area (Å²) in [5.74, 6) is 3.20. The summed E-state index contributed by atoms with van der Waals surface area (Å²) in [5, 5.41) is 15.1. The summed E-state index contributed by atoms with van der Waals surface area (Å²) in [4.78, 5) is 12.4. The number of hydrogen-bond donors (Lipinski definition) is 2. The van der Waals surface area contributed by atoms with Gasteiger partial charge in [-0.1, -0.05) is 6.92 Å². The van der Waals surface area contributed by atoms with Crippen LogP contribution < -0.4 is 10.6 Å². The first-order chi connectivity index (χ1) is 13.2. The molecule has 0 radical (unpaired) electrons. The highest BCUT2D eigenvalue weighted by molar-refractivity contribution is 5.91. The number of fused-ring (bicyclic) bond motifs is 1. The van der Waals surface area contributed by atoms with Crippen molar-refractivity contribution in [3.8, 4) is 11.4 Å². The fraction of sp³-hybridized carbons (Fsp3) is 0.571. The van der Waals surface area contributed by atoms with E-state index >= 15 is 0 Å². The second-order valence-corrected chi connectivity index (χ2v) is 7.94. The predicted octanol–water partition coefficient (Wildman–Crippen LogP) is 3.25. The second-order valence-electron chi connectivity index (χ2n) is 7.94. The number of carbonyl (C=O) groups excluding carboxylic acids is 1. The van der Waals surface area contributed by atoms with Crippen LogP contribution in [0.3, 0.4) is 0 Å². The topological polar surface area (TPSA) is 71.8 Å². The first kappa shape index (κ1) is 18.2. The van der Waals surface area contributed by atoms with E-state index < -0.39 is 0 Å². The molecule has 4 rings (SSSR count). The Morgan fingerprint density at radius 1 is 1.22 bits per heavy atom. The number of piperidine rings is 1. The molecule has 1 unspecified atom stereocenters. The van der Waals surface area contributed by atoms with Gasteiger partial charge in [-0.2, -0.15) is 0 Å². The van der Waals surface area contributed by atoms with E-state index in [4.69, 9.17) is 0 Å². The summed E-state index contributed by atoms with van der Waals surface area (Å²) in [5.41, 5.74) is 1.90. The zero-order chi connectivity index (χ0) is 18.6. The average molecular weight is 367 g/mol. The average Bonchev–Trinajstić information content (AvgIpc) is 3.13. The molecule has 0 bridgehead atoms. The van der Waals surface area contributed by atoms with Gasteiger partial charge < -0.3 is 15.2 Å². The minimum atomic E-state index is 0.105. The van der Waals surface area contributed by atoms with Crippen molar-refractivity contribution in [2.75, 3.05) is 18.4 Å². The first-order valence-corrected chi connectivity index (χ1v) is 10.2. The van der Waals surface area contributed by atoms with Crippen LogP contribution in [0.2, 0.25) is 0 Å². The molecule has 1 atom stereocenters. The van der Waals surface area contributed by atoms with E-state index in [2.05, 4.69) is 32.3 Å². The van der Waals surface area contributed by atoms with Crippen LogP contribution in [0.25, 0.3) is 11.4 Å².